The zero-order valence-corrected chi connectivity index (χ0v) is 11.6. The number of aryl methyl sites for hydroxylation is 1. The molecule has 2 aromatic rings. The number of carbonyl (C=O) groups excluding carboxylic acids is 1. The first-order chi connectivity index (χ1) is 8.61. The molecule has 0 saturated carbocycles. The van der Waals surface area contributed by atoms with Gasteiger partial charge in [0, 0.05) is 11.5 Å². The Hall–Kier alpha value is -1.69. The van der Waals surface area contributed by atoms with Crippen molar-refractivity contribution < 1.29 is 9.53 Å². The van der Waals surface area contributed by atoms with E-state index < -0.39 is 0 Å². The number of benzene rings is 1. The lowest BCUT2D eigenvalue weighted by Crippen LogP contribution is -2.10. The van der Waals surface area contributed by atoms with Crippen LogP contribution in [0.5, 0.6) is 5.75 Å². The second-order valence-electron chi connectivity index (χ2n) is 3.74. The summed E-state index contributed by atoms with van der Waals surface area (Å²) in [6, 6.07) is 5.32. The molecule has 0 aliphatic carbocycles. The summed E-state index contributed by atoms with van der Waals surface area (Å²) in [6.07, 6.45) is 1.63. The maximum atomic E-state index is 12.2. The Morgan fingerprint density at radius 1 is 1.50 bits per heavy atom. The van der Waals surface area contributed by atoms with Crippen molar-refractivity contribution in [3.63, 3.8) is 0 Å². The van der Waals surface area contributed by atoms with Crippen molar-refractivity contribution >= 4 is 21.7 Å². The predicted octanol–water partition coefficient (Wildman–Crippen LogP) is 2.01. The van der Waals surface area contributed by atoms with Gasteiger partial charge in [0.1, 0.15) is 17.9 Å². The fourth-order valence-corrected chi connectivity index (χ4v) is 1.95. The molecule has 0 bridgehead atoms. The summed E-state index contributed by atoms with van der Waals surface area (Å²) in [5.41, 5.74) is 0.545. The minimum absolute atomic E-state index is 0.0459. The highest BCUT2D eigenvalue weighted by Crippen LogP contribution is 2.24. The normalized spacial score (nSPS) is 10.4. The van der Waals surface area contributed by atoms with Crippen LogP contribution in [0, 0.1) is 0 Å². The van der Waals surface area contributed by atoms with Crippen LogP contribution in [0.4, 0.5) is 0 Å². The van der Waals surface area contributed by atoms with Gasteiger partial charge in [-0.05, 0) is 18.2 Å². The molecule has 1 aromatic carbocycles. The van der Waals surface area contributed by atoms with Crippen LogP contribution in [-0.2, 0) is 13.5 Å². The summed E-state index contributed by atoms with van der Waals surface area (Å²) < 4.78 is 7.66. The molecule has 0 fully saturated rings. The highest BCUT2D eigenvalue weighted by atomic mass is 79.9. The van der Waals surface area contributed by atoms with E-state index in [0.717, 1.165) is 4.47 Å². The van der Waals surface area contributed by atoms with Crippen LogP contribution in [0.15, 0.2) is 29.0 Å². The number of ether oxygens (including phenoxy) is 1. The van der Waals surface area contributed by atoms with Crippen LogP contribution >= 0.6 is 15.9 Å². The van der Waals surface area contributed by atoms with Crippen molar-refractivity contribution in [2.75, 3.05) is 7.11 Å². The lowest BCUT2D eigenvalue weighted by atomic mass is 10.1. The van der Waals surface area contributed by atoms with Crippen LogP contribution < -0.4 is 4.74 Å². The smallest absolute Gasteiger partial charge is 0.174 e. The van der Waals surface area contributed by atoms with Gasteiger partial charge in [-0.2, -0.15) is 5.10 Å². The summed E-state index contributed by atoms with van der Waals surface area (Å²) >= 11 is 3.34. The molecule has 0 amide bonds. The molecule has 1 aromatic heterocycles. The van der Waals surface area contributed by atoms with Crippen LogP contribution in [0.3, 0.4) is 0 Å². The summed E-state index contributed by atoms with van der Waals surface area (Å²) in [7, 11) is 3.30. The van der Waals surface area contributed by atoms with Gasteiger partial charge < -0.3 is 4.74 Å². The van der Waals surface area contributed by atoms with Crippen molar-refractivity contribution in [3.8, 4) is 5.75 Å². The molecule has 0 spiro atoms. The molecule has 5 nitrogen and oxygen atoms in total. The number of Topliss-reactive ketones (excluding diaryl/α,β-unsaturated/α-hetero) is 1. The van der Waals surface area contributed by atoms with E-state index in [1.807, 2.05) is 6.07 Å². The summed E-state index contributed by atoms with van der Waals surface area (Å²) in [6.45, 7) is 0. The Bertz CT molecular complexity index is 580. The van der Waals surface area contributed by atoms with E-state index in [1.54, 1.807) is 31.0 Å². The monoisotopic (exact) mass is 309 g/mol. The molecule has 18 heavy (non-hydrogen) atoms. The molecular formula is C12H12BrN3O2. The molecule has 0 N–H and O–H groups in total. The van der Waals surface area contributed by atoms with Crippen molar-refractivity contribution in [3.05, 3.63) is 40.4 Å². The van der Waals surface area contributed by atoms with Crippen LogP contribution in [0.2, 0.25) is 0 Å². The molecule has 6 heteroatoms. The third-order valence-corrected chi connectivity index (χ3v) is 3.08. The molecule has 2 rings (SSSR count). The van der Waals surface area contributed by atoms with Crippen molar-refractivity contribution in [2.45, 2.75) is 6.42 Å². The second kappa shape index (κ2) is 5.30. The van der Waals surface area contributed by atoms with Crippen molar-refractivity contribution in [1.82, 2.24) is 14.8 Å². The van der Waals surface area contributed by atoms with Gasteiger partial charge in [-0.15, -0.1) is 0 Å². The van der Waals surface area contributed by atoms with Crippen LogP contribution in [0.1, 0.15) is 16.2 Å². The fourth-order valence-electron chi connectivity index (χ4n) is 1.61. The standard InChI is InChI=1S/C12H12BrN3O2/c1-16-12(14-7-15-16)6-10(17)9-4-3-8(13)5-11(9)18-2/h3-5,7H,6H2,1-2H3. The molecule has 0 atom stereocenters. The number of aromatic nitrogens is 3. The average molecular weight is 310 g/mol. The molecule has 0 aliphatic heterocycles. The van der Waals surface area contributed by atoms with E-state index in [2.05, 4.69) is 26.0 Å². The van der Waals surface area contributed by atoms with Gasteiger partial charge in [-0.1, -0.05) is 15.9 Å². The quantitative estimate of drug-likeness (QED) is 0.811. The largest absolute Gasteiger partial charge is 0.496 e. The number of methoxy groups -OCH3 is 1. The van der Waals surface area contributed by atoms with Gasteiger partial charge in [0.25, 0.3) is 0 Å². The zero-order valence-electron chi connectivity index (χ0n) is 10.1. The zero-order chi connectivity index (χ0) is 13.1. The number of halogens is 1. The Balaban J connectivity index is 2.26. The topological polar surface area (TPSA) is 57.0 Å². The Morgan fingerprint density at radius 2 is 2.28 bits per heavy atom. The lowest BCUT2D eigenvalue weighted by Gasteiger charge is -2.07. The van der Waals surface area contributed by atoms with E-state index >= 15 is 0 Å². The number of rotatable bonds is 4. The van der Waals surface area contributed by atoms with Gasteiger partial charge in [-0.3, -0.25) is 9.48 Å². The summed E-state index contributed by atoms with van der Waals surface area (Å²) in [5.74, 6) is 1.14. The van der Waals surface area contributed by atoms with E-state index in [4.69, 9.17) is 4.74 Å². The highest BCUT2D eigenvalue weighted by molar-refractivity contribution is 9.10. The fraction of sp³-hybridized carbons (Fsp3) is 0.250. The minimum atomic E-state index is -0.0459. The van der Waals surface area contributed by atoms with Gasteiger partial charge in [0.2, 0.25) is 0 Å². The van der Waals surface area contributed by atoms with E-state index in [9.17, 15) is 4.79 Å². The number of ketones is 1. The summed E-state index contributed by atoms with van der Waals surface area (Å²) in [4.78, 5) is 16.2. The van der Waals surface area contributed by atoms with Crippen LogP contribution in [-0.4, -0.2) is 27.7 Å². The predicted molar refractivity (Wildman–Crippen MR) is 69.7 cm³/mol. The molecule has 94 valence electrons. The lowest BCUT2D eigenvalue weighted by molar-refractivity contribution is 0.0986. The third-order valence-electron chi connectivity index (χ3n) is 2.59. The molecule has 0 aliphatic rings. The first-order valence-corrected chi connectivity index (χ1v) is 6.10. The minimum Gasteiger partial charge on any atom is -0.496 e. The van der Waals surface area contributed by atoms with Crippen LogP contribution in [0.25, 0.3) is 0 Å². The SMILES string of the molecule is COc1cc(Br)ccc1C(=O)Cc1ncnn1C. The maximum Gasteiger partial charge on any atom is 0.174 e. The van der Waals surface area contributed by atoms with Gasteiger partial charge in [-0.25, -0.2) is 4.98 Å². The second-order valence-corrected chi connectivity index (χ2v) is 4.66. The van der Waals surface area contributed by atoms with Crippen molar-refractivity contribution in [1.29, 1.82) is 0 Å². The highest BCUT2D eigenvalue weighted by Gasteiger charge is 2.15. The molecule has 1 heterocycles. The Labute approximate surface area is 113 Å². The number of hydrogen-bond donors (Lipinski definition) is 0. The first-order valence-electron chi connectivity index (χ1n) is 5.31. The summed E-state index contributed by atoms with van der Waals surface area (Å²) in [5, 5.41) is 3.93. The maximum absolute atomic E-state index is 12.2. The van der Waals surface area contributed by atoms with E-state index in [1.165, 1.54) is 6.33 Å². The molecule has 0 saturated heterocycles. The number of nitrogens with zero attached hydrogens (tertiary/aromatic N) is 3. The van der Waals surface area contributed by atoms with Gasteiger partial charge in [0.05, 0.1) is 19.1 Å². The molecule has 0 radical (unpaired) electrons. The van der Waals surface area contributed by atoms with Gasteiger partial charge in [0.15, 0.2) is 5.78 Å². The number of hydrogen-bond acceptors (Lipinski definition) is 4. The molecule has 0 unspecified atom stereocenters. The average Bonchev–Trinajstić information content (AvgIpc) is 2.74. The van der Waals surface area contributed by atoms with E-state index in [-0.39, 0.29) is 12.2 Å². The number of carbonyl (C=O) groups is 1. The van der Waals surface area contributed by atoms with E-state index in [0.29, 0.717) is 17.1 Å². The molecular weight excluding hydrogens is 298 g/mol. The Kier molecular flexibility index (Phi) is 3.76. The van der Waals surface area contributed by atoms with Crippen molar-refractivity contribution in [2.24, 2.45) is 7.05 Å². The van der Waals surface area contributed by atoms with Gasteiger partial charge >= 0.3 is 0 Å². The third kappa shape index (κ3) is 2.59. The first kappa shape index (κ1) is 12.8. The Morgan fingerprint density at radius 3 is 2.89 bits per heavy atom.